The minimum Gasteiger partial charge on any atom is -0.369 e. The van der Waals surface area contributed by atoms with Crippen molar-refractivity contribution >= 4 is 28.4 Å². The molecule has 0 aliphatic heterocycles. The highest BCUT2D eigenvalue weighted by atomic mass is 19.1. The summed E-state index contributed by atoms with van der Waals surface area (Å²) in [7, 11) is 1.74. The highest BCUT2D eigenvalue weighted by molar-refractivity contribution is 5.91. The molecule has 0 bridgehead atoms. The van der Waals surface area contributed by atoms with Crippen LogP contribution in [0.15, 0.2) is 60.9 Å². The van der Waals surface area contributed by atoms with Gasteiger partial charge in [0.05, 0.1) is 11.2 Å². The van der Waals surface area contributed by atoms with Gasteiger partial charge in [-0.1, -0.05) is 12.1 Å². The Morgan fingerprint density at radius 3 is 2.72 bits per heavy atom. The zero-order valence-corrected chi connectivity index (χ0v) is 15.8. The molecule has 2 aromatic carbocycles. The number of halogens is 1. The van der Waals surface area contributed by atoms with Crippen LogP contribution in [0.2, 0.25) is 0 Å². The van der Waals surface area contributed by atoms with Crippen LogP contribution in [0.4, 0.5) is 16.0 Å². The summed E-state index contributed by atoms with van der Waals surface area (Å²) in [6.45, 7) is 0.426. The van der Waals surface area contributed by atoms with Gasteiger partial charge in [0.1, 0.15) is 23.8 Å². The summed E-state index contributed by atoms with van der Waals surface area (Å²) in [6, 6.07) is 15.5. The fourth-order valence-electron chi connectivity index (χ4n) is 2.99. The molecule has 1 amide bonds. The molecule has 8 heteroatoms. The molecule has 0 fully saturated rings. The number of benzene rings is 2. The van der Waals surface area contributed by atoms with Crippen LogP contribution in [0, 0.1) is 5.82 Å². The Bertz CT molecular complexity index is 1150. The average Bonchev–Trinajstić information content (AvgIpc) is 3.09. The van der Waals surface area contributed by atoms with Crippen molar-refractivity contribution < 1.29 is 9.18 Å². The van der Waals surface area contributed by atoms with E-state index in [9.17, 15) is 9.18 Å². The standard InChI is InChI=1S/C21H19FN6O/c1-28-19(12-18(27-28)14-6-8-15(22)9-7-14)26-20(29)10-11-23-21-16-4-2-3-5-17(16)24-13-25-21/h2-9,12-13H,10-11H2,1H3,(H,26,29)(H,23,24,25). The number of rotatable bonds is 6. The highest BCUT2D eigenvalue weighted by Crippen LogP contribution is 2.22. The number of nitrogens with zero attached hydrogens (tertiary/aromatic N) is 4. The number of nitrogens with one attached hydrogen (secondary N) is 2. The first-order valence-electron chi connectivity index (χ1n) is 9.13. The van der Waals surface area contributed by atoms with Gasteiger partial charge in [-0.2, -0.15) is 5.10 Å². The van der Waals surface area contributed by atoms with Crippen molar-refractivity contribution in [3.8, 4) is 11.3 Å². The second-order valence-corrected chi connectivity index (χ2v) is 6.51. The van der Waals surface area contributed by atoms with E-state index < -0.39 is 0 Å². The second-order valence-electron chi connectivity index (χ2n) is 6.51. The summed E-state index contributed by atoms with van der Waals surface area (Å²) in [5.41, 5.74) is 2.28. The Balaban J connectivity index is 1.37. The number of amides is 1. The minimum atomic E-state index is -0.304. The van der Waals surface area contributed by atoms with Crippen molar-refractivity contribution in [1.82, 2.24) is 19.7 Å². The van der Waals surface area contributed by atoms with Gasteiger partial charge in [0.15, 0.2) is 0 Å². The van der Waals surface area contributed by atoms with Gasteiger partial charge in [-0.05, 0) is 36.4 Å². The normalized spacial score (nSPS) is 10.8. The van der Waals surface area contributed by atoms with E-state index in [2.05, 4.69) is 25.7 Å². The molecule has 4 aromatic rings. The van der Waals surface area contributed by atoms with Gasteiger partial charge < -0.3 is 10.6 Å². The molecule has 0 atom stereocenters. The maximum atomic E-state index is 13.1. The zero-order valence-electron chi connectivity index (χ0n) is 15.8. The van der Waals surface area contributed by atoms with Crippen molar-refractivity contribution in [2.24, 2.45) is 7.05 Å². The van der Waals surface area contributed by atoms with E-state index in [1.54, 1.807) is 29.9 Å². The van der Waals surface area contributed by atoms with Crippen LogP contribution in [0.3, 0.4) is 0 Å². The maximum absolute atomic E-state index is 13.1. The van der Waals surface area contributed by atoms with Crippen molar-refractivity contribution in [3.05, 3.63) is 66.7 Å². The van der Waals surface area contributed by atoms with Gasteiger partial charge >= 0.3 is 0 Å². The van der Waals surface area contributed by atoms with Gasteiger partial charge in [0.2, 0.25) is 5.91 Å². The monoisotopic (exact) mass is 390 g/mol. The van der Waals surface area contributed by atoms with Crippen LogP contribution in [0.1, 0.15) is 6.42 Å². The SMILES string of the molecule is Cn1nc(-c2ccc(F)cc2)cc1NC(=O)CCNc1ncnc2ccccc12. The van der Waals surface area contributed by atoms with Crippen LogP contribution in [-0.2, 0) is 11.8 Å². The molecule has 0 unspecified atom stereocenters. The number of aryl methyl sites for hydroxylation is 1. The molecule has 2 N–H and O–H groups in total. The summed E-state index contributed by atoms with van der Waals surface area (Å²) in [5.74, 6) is 0.816. The number of para-hydroxylation sites is 1. The molecular weight excluding hydrogens is 371 g/mol. The predicted molar refractivity (Wildman–Crippen MR) is 110 cm³/mol. The number of carbonyl (C=O) groups is 1. The molecule has 2 aromatic heterocycles. The lowest BCUT2D eigenvalue weighted by Gasteiger charge is -2.08. The van der Waals surface area contributed by atoms with E-state index >= 15 is 0 Å². The summed E-state index contributed by atoms with van der Waals surface area (Å²) in [5, 5.41) is 11.3. The topological polar surface area (TPSA) is 84.7 Å². The molecule has 4 rings (SSSR count). The number of aromatic nitrogens is 4. The van der Waals surface area contributed by atoms with Gasteiger partial charge in [0, 0.05) is 37.0 Å². The van der Waals surface area contributed by atoms with Gasteiger partial charge in [-0.3, -0.25) is 9.48 Å². The molecule has 29 heavy (non-hydrogen) atoms. The smallest absolute Gasteiger partial charge is 0.227 e. The zero-order chi connectivity index (χ0) is 20.2. The average molecular weight is 390 g/mol. The van der Waals surface area contributed by atoms with Crippen LogP contribution < -0.4 is 10.6 Å². The number of carbonyl (C=O) groups excluding carboxylic acids is 1. The van der Waals surface area contributed by atoms with Gasteiger partial charge in [-0.25, -0.2) is 14.4 Å². The van der Waals surface area contributed by atoms with E-state index in [0.29, 0.717) is 23.9 Å². The summed E-state index contributed by atoms with van der Waals surface area (Å²) >= 11 is 0. The minimum absolute atomic E-state index is 0.149. The molecule has 0 aliphatic carbocycles. The number of anilines is 2. The van der Waals surface area contributed by atoms with E-state index in [-0.39, 0.29) is 18.1 Å². The fourth-order valence-corrected chi connectivity index (χ4v) is 2.99. The van der Waals surface area contributed by atoms with Crippen LogP contribution in [-0.4, -0.2) is 32.2 Å². The molecule has 0 saturated carbocycles. The van der Waals surface area contributed by atoms with Gasteiger partial charge in [-0.15, -0.1) is 0 Å². The third kappa shape index (κ3) is 4.21. The van der Waals surface area contributed by atoms with Crippen molar-refractivity contribution in [2.45, 2.75) is 6.42 Å². The van der Waals surface area contributed by atoms with E-state index in [4.69, 9.17) is 0 Å². The second kappa shape index (κ2) is 8.05. The van der Waals surface area contributed by atoms with Crippen molar-refractivity contribution in [3.63, 3.8) is 0 Å². The third-order valence-electron chi connectivity index (χ3n) is 4.47. The van der Waals surface area contributed by atoms with Crippen LogP contribution in [0.25, 0.3) is 22.2 Å². The maximum Gasteiger partial charge on any atom is 0.227 e. The first kappa shape index (κ1) is 18.5. The lowest BCUT2D eigenvalue weighted by Crippen LogP contribution is -2.18. The lowest BCUT2D eigenvalue weighted by atomic mass is 10.1. The Kier molecular flexibility index (Phi) is 5.15. The fraction of sp³-hybridized carbons (Fsp3) is 0.143. The predicted octanol–water partition coefficient (Wildman–Crippen LogP) is 3.61. The first-order chi connectivity index (χ1) is 14.1. The number of hydrogen-bond donors (Lipinski definition) is 2. The highest BCUT2D eigenvalue weighted by Gasteiger charge is 2.11. The molecule has 0 aliphatic rings. The molecule has 146 valence electrons. The third-order valence-corrected chi connectivity index (χ3v) is 4.47. The Morgan fingerprint density at radius 2 is 1.90 bits per heavy atom. The first-order valence-corrected chi connectivity index (χ1v) is 9.13. The Morgan fingerprint density at radius 1 is 1.10 bits per heavy atom. The molecular formula is C21H19FN6O. The van der Waals surface area contributed by atoms with Crippen molar-refractivity contribution in [2.75, 3.05) is 17.2 Å². The van der Waals surface area contributed by atoms with Crippen LogP contribution >= 0.6 is 0 Å². The molecule has 0 spiro atoms. The van der Waals surface area contributed by atoms with E-state index in [1.807, 2.05) is 24.3 Å². The van der Waals surface area contributed by atoms with E-state index in [1.165, 1.54) is 18.5 Å². The van der Waals surface area contributed by atoms with E-state index in [0.717, 1.165) is 16.5 Å². The molecule has 2 heterocycles. The quantitative estimate of drug-likeness (QED) is 0.525. The number of hydrogen-bond acceptors (Lipinski definition) is 5. The largest absolute Gasteiger partial charge is 0.369 e. The number of fused-ring (bicyclic) bond motifs is 1. The lowest BCUT2D eigenvalue weighted by molar-refractivity contribution is -0.116. The summed E-state index contributed by atoms with van der Waals surface area (Å²) in [4.78, 5) is 20.8. The Labute approximate surface area is 166 Å². The molecule has 7 nitrogen and oxygen atoms in total. The summed E-state index contributed by atoms with van der Waals surface area (Å²) in [6.07, 6.45) is 1.76. The van der Waals surface area contributed by atoms with Gasteiger partial charge in [0.25, 0.3) is 0 Å². The van der Waals surface area contributed by atoms with Crippen LogP contribution in [0.5, 0.6) is 0 Å². The summed E-state index contributed by atoms with van der Waals surface area (Å²) < 4.78 is 14.7. The van der Waals surface area contributed by atoms with Crippen molar-refractivity contribution in [1.29, 1.82) is 0 Å². The Hall–Kier alpha value is -3.81. The molecule has 0 saturated heterocycles. The molecule has 0 radical (unpaired) electrons.